The molecule has 0 radical (unpaired) electrons. The Kier molecular flexibility index (Phi) is 5.13. The highest BCUT2D eigenvalue weighted by molar-refractivity contribution is 4.99. The Labute approximate surface area is 113 Å². The van der Waals surface area contributed by atoms with Crippen LogP contribution in [0.1, 0.15) is 59.3 Å². The van der Waals surface area contributed by atoms with E-state index >= 15 is 0 Å². The summed E-state index contributed by atoms with van der Waals surface area (Å²) >= 11 is 0. The molecule has 18 heavy (non-hydrogen) atoms. The van der Waals surface area contributed by atoms with Crippen molar-refractivity contribution in [2.75, 3.05) is 6.54 Å². The van der Waals surface area contributed by atoms with Gasteiger partial charge in [-0.1, -0.05) is 13.8 Å². The molecule has 2 fully saturated rings. The average molecular weight is 247 g/mol. The summed E-state index contributed by atoms with van der Waals surface area (Å²) in [6.07, 6.45) is 8.19. The molecule has 1 heteroatoms. The Hall–Kier alpha value is -0.480. The molecule has 1 N–H and O–H groups in total. The molecule has 2 rings (SSSR count). The SMILES string of the molecule is CC#CCC1CC(C(C)C)CCC1CNC1CC1. The lowest BCUT2D eigenvalue weighted by molar-refractivity contribution is 0.147. The second kappa shape index (κ2) is 6.62. The van der Waals surface area contributed by atoms with Crippen molar-refractivity contribution in [2.45, 2.75) is 65.3 Å². The van der Waals surface area contributed by atoms with Crippen molar-refractivity contribution in [3.63, 3.8) is 0 Å². The fraction of sp³-hybridized carbons (Fsp3) is 0.882. The minimum absolute atomic E-state index is 0.838. The van der Waals surface area contributed by atoms with E-state index in [1.54, 1.807) is 0 Å². The number of rotatable bonds is 5. The molecule has 0 spiro atoms. The first-order valence-corrected chi connectivity index (χ1v) is 7.83. The van der Waals surface area contributed by atoms with Gasteiger partial charge in [-0.25, -0.2) is 0 Å². The molecule has 3 unspecified atom stereocenters. The molecule has 2 aliphatic carbocycles. The molecule has 0 saturated heterocycles. The number of hydrogen-bond acceptors (Lipinski definition) is 1. The van der Waals surface area contributed by atoms with Gasteiger partial charge < -0.3 is 5.32 Å². The van der Waals surface area contributed by atoms with Crippen molar-refractivity contribution in [3.8, 4) is 11.8 Å². The van der Waals surface area contributed by atoms with E-state index in [-0.39, 0.29) is 0 Å². The van der Waals surface area contributed by atoms with E-state index in [0.29, 0.717) is 0 Å². The molecule has 0 aliphatic heterocycles. The molecular formula is C17H29N. The largest absolute Gasteiger partial charge is 0.314 e. The van der Waals surface area contributed by atoms with Gasteiger partial charge in [0.2, 0.25) is 0 Å². The summed E-state index contributed by atoms with van der Waals surface area (Å²) < 4.78 is 0. The molecule has 102 valence electrons. The van der Waals surface area contributed by atoms with Crippen LogP contribution in [-0.4, -0.2) is 12.6 Å². The zero-order chi connectivity index (χ0) is 13.0. The van der Waals surface area contributed by atoms with Gasteiger partial charge in [-0.3, -0.25) is 0 Å². The zero-order valence-corrected chi connectivity index (χ0v) is 12.3. The summed E-state index contributed by atoms with van der Waals surface area (Å²) in [7, 11) is 0. The third kappa shape index (κ3) is 4.02. The molecular weight excluding hydrogens is 218 g/mol. The first-order chi connectivity index (χ1) is 8.70. The third-order valence-corrected chi connectivity index (χ3v) is 4.91. The van der Waals surface area contributed by atoms with Gasteiger partial charge in [-0.2, -0.15) is 0 Å². The van der Waals surface area contributed by atoms with Crippen LogP contribution in [0.5, 0.6) is 0 Å². The van der Waals surface area contributed by atoms with Crippen LogP contribution in [-0.2, 0) is 0 Å². The Bertz CT molecular complexity index is 305. The fourth-order valence-corrected chi connectivity index (χ4v) is 3.33. The highest BCUT2D eigenvalue weighted by Gasteiger charge is 2.32. The Morgan fingerprint density at radius 1 is 1.11 bits per heavy atom. The van der Waals surface area contributed by atoms with Gasteiger partial charge in [0.25, 0.3) is 0 Å². The third-order valence-electron chi connectivity index (χ3n) is 4.91. The fourth-order valence-electron chi connectivity index (χ4n) is 3.33. The van der Waals surface area contributed by atoms with E-state index in [4.69, 9.17) is 0 Å². The molecule has 2 aliphatic rings. The van der Waals surface area contributed by atoms with Gasteiger partial charge >= 0.3 is 0 Å². The normalized spacial score (nSPS) is 32.1. The van der Waals surface area contributed by atoms with Gasteiger partial charge in [0.15, 0.2) is 0 Å². The maximum Gasteiger partial charge on any atom is 0.0120 e. The first-order valence-electron chi connectivity index (χ1n) is 7.83. The molecule has 2 saturated carbocycles. The second-order valence-electron chi connectivity index (χ2n) is 6.65. The Morgan fingerprint density at radius 3 is 2.50 bits per heavy atom. The van der Waals surface area contributed by atoms with Gasteiger partial charge in [0, 0.05) is 12.5 Å². The summed E-state index contributed by atoms with van der Waals surface area (Å²) in [6.45, 7) is 7.98. The Balaban J connectivity index is 1.86. The molecule has 0 aromatic rings. The van der Waals surface area contributed by atoms with Gasteiger partial charge in [0.05, 0.1) is 0 Å². The van der Waals surface area contributed by atoms with Crippen molar-refractivity contribution in [3.05, 3.63) is 0 Å². The minimum Gasteiger partial charge on any atom is -0.314 e. The number of nitrogens with one attached hydrogen (secondary N) is 1. The quantitative estimate of drug-likeness (QED) is 0.728. The standard InChI is InChI=1S/C17H29N/c1-4-5-6-15-11-14(13(2)3)7-8-16(15)12-18-17-9-10-17/h13-18H,6-12H2,1-3H3. The van der Waals surface area contributed by atoms with Crippen molar-refractivity contribution < 1.29 is 0 Å². The van der Waals surface area contributed by atoms with Crippen LogP contribution in [0, 0.1) is 35.5 Å². The summed E-state index contributed by atoms with van der Waals surface area (Å²) in [5.41, 5.74) is 0. The molecule has 3 atom stereocenters. The van der Waals surface area contributed by atoms with E-state index in [0.717, 1.165) is 36.1 Å². The number of hydrogen-bond donors (Lipinski definition) is 1. The minimum atomic E-state index is 0.838. The summed E-state index contributed by atoms with van der Waals surface area (Å²) in [4.78, 5) is 0. The topological polar surface area (TPSA) is 12.0 Å². The van der Waals surface area contributed by atoms with E-state index in [2.05, 4.69) is 31.0 Å². The molecule has 0 heterocycles. The van der Waals surface area contributed by atoms with Crippen molar-refractivity contribution in [1.82, 2.24) is 5.32 Å². The highest BCUT2D eigenvalue weighted by Crippen LogP contribution is 2.39. The van der Waals surface area contributed by atoms with Crippen molar-refractivity contribution >= 4 is 0 Å². The van der Waals surface area contributed by atoms with E-state index in [1.807, 2.05) is 6.92 Å². The smallest absolute Gasteiger partial charge is 0.0120 e. The van der Waals surface area contributed by atoms with Crippen LogP contribution in [0.2, 0.25) is 0 Å². The van der Waals surface area contributed by atoms with Gasteiger partial charge in [-0.15, -0.1) is 11.8 Å². The van der Waals surface area contributed by atoms with Crippen LogP contribution >= 0.6 is 0 Å². The predicted octanol–water partition coefficient (Wildman–Crippen LogP) is 3.84. The van der Waals surface area contributed by atoms with Crippen LogP contribution in [0.4, 0.5) is 0 Å². The average Bonchev–Trinajstić information content (AvgIpc) is 3.18. The monoisotopic (exact) mass is 247 g/mol. The predicted molar refractivity (Wildman–Crippen MR) is 78.3 cm³/mol. The molecule has 0 bridgehead atoms. The molecule has 1 nitrogen and oxygen atoms in total. The van der Waals surface area contributed by atoms with E-state index in [9.17, 15) is 0 Å². The molecule has 0 aromatic heterocycles. The Morgan fingerprint density at radius 2 is 1.89 bits per heavy atom. The van der Waals surface area contributed by atoms with Crippen LogP contribution in [0.3, 0.4) is 0 Å². The van der Waals surface area contributed by atoms with E-state index < -0.39 is 0 Å². The van der Waals surface area contributed by atoms with Crippen LogP contribution in [0.25, 0.3) is 0 Å². The molecule has 0 amide bonds. The lowest BCUT2D eigenvalue weighted by Gasteiger charge is -2.37. The van der Waals surface area contributed by atoms with E-state index in [1.165, 1.54) is 38.6 Å². The summed E-state index contributed by atoms with van der Waals surface area (Å²) in [6, 6.07) is 0.853. The maximum atomic E-state index is 3.73. The highest BCUT2D eigenvalue weighted by atomic mass is 14.9. The first kappa shape index (κ1) is 13.9. The van der Waals surface area contributed by atoms with Crippen molar-refractivity contribution in [1.29, 1.82) is 0 Å². The summed E-state index contributed by atoms with van der Waals surface area (Å²) in [5, 5.41) is 3.73. The maximum absolute atomic E-state index is 3.73. The summed E-state index contributed by atoms with van der Waals surface area (Å²) in [5.74, 6) is 9.92. The van der Waals surface area contributed by atoms with Gasteiger partial charge in [-0.05, 0) is 69.2 Å². The second-order valence-corrected chi connectivity index (χ2v) is 6.65. The van der Waals surface area contributed by atoms with Crippen LogP contribution in [0.15, 0.2) is 0 Å². The lowest BCUT2D eigenvalue weighted by atomic mass is 9.69. The van der Waals surface area contributed by atoms with Gasteiger partial charge in [0.1, 0.15) is 0 Å². The lowest BCUT2D eigenvalue weighted by Crippen LogP contribution is -2.35. The zero-order valence-electron chi connectivity index (χ0n) is 12.3. The molecule has 0 aromatic carbocycles. The van der Waals surface area contributed by atoms with Crippen LogP contribution < -0.4 is 5.32 Å². The van der Waals surface area contributed by atoms with Crippen molar-refractivity contribution in [2.24, 2.45) is 23.7 Å².